The Hall–Kier alpha value is -1.26. The van der Waals surface area contributed by atoms with Gasteiger partial charge in [0.1, 0.15) is 0 Å². The first kappa shape index (κ1) is 10.9. The number of hydrogen-bond donors (Lipinski definition) is 1. The van der Waals surface area contributed by atoms with Crippen molar-refractivity contribution in [1.82, 2.24) is 9.97 Å². The number of thiophene rings is 1. The van der Waals surface area contributed by atoms with Crippen LogP contribution in [-0.4, -0.2) is 9.97 Å². The molecular weight excluding hydrogens is 230 g/mol. The van der Waals surface area contributed by atoms with Crippen molar-refractivity contribution in [2.75, 3.05) is 0 Å². The Morgan fingerprint density at radius 2 is 2.12 bits per heavy atom. The number of aryl methyl sites for hydroxylation is 2. The summed E-state index contributed by atoms with van der Waals surface area (Å²) in [5.74, 6) is 0. The van der Waals surface area contributed by atoms with Gasteiger partial charge in [-0.1, -0.05) is 0 Å². The van der Waals surface area contributed by atoms with Crippen LogP contribution in [0.15, 0.2) is 24.7 Å². The van der Waals surface area contributed by atoms with Crippen LogP contribution >= 0.6 is 11.3 Å². The topological polar surface area (TPSA) is 51.8 Å². The van der Waals surface area contributed by atoms with Gasteiger partial charge in [-0.25, -0.2) is 0 Å². The van der Waals surface area contributed by atoms with Gasteiger partial charge >= 0.3 is 0 Å². The predicted molar refractivity (Wildman–Crippen MR) is 69.0 cm³/mol. The molecule has 0 radical (unpaired) electrons. The first-order valence-electron chi connectivity index (χ1n) is 5.97. The van der Waals surface area contributed by atoms with Crippen molar-refractivity contribution in [3.8, 4) is 0 Å². The molecule has 1 aliphatic rings. The largest absolute Gasteiger partial charge is 0.318 e. The summed E-state index contributed by atoms with van der Waals surface area (Å²) in [5, 5.41) is 0. The number of aromatic nitrogens is 2. The molecule has 0 amide bonds. The van der Waals surface area contributed by atoms with Crippen molar-refractivity contribution < 1.29 is 0 Å². The Labute approximate surface area is 105 Å². The fraction of sp³-hybridized carbons (Fsp3) is 0.385. The minimum Gasteiger partial charge on any atom is -0.318 e. The van der Waals surface area contributed by atoms with Crippen molar-refractivity contribution in [2.24, 2.45) is 5.73 Å². The fourth-order valence-corrected chi connectivity index (χ4v) is 3.56. The Morgan fingerprint density at radius 1 is 1.24 bits per heavy atom. The number of rotatable bonds is 2. The van der Waals surface area contributed by atoms with E-state index in [1.807, 2.05) is 11.3 Å². The van der Waals surface area contributed by atoms with Crippen LogP contribution in [0, 0.1) is 0 Å². The van der Waals surface area contributed by atoms with Crippen LogP contribution in [-0.2, 0) is 12.8 Å². The molecule has 0 aliphatic heterocycles. The van der Waals surface area contributed by atoms with E-state index in [0.29, 0.717) is 0 Å². The number of nitrogens with two attached hydrogens (primary N) is 1. The maximum Gasteiger partial charge on any atom is 0.0835 e. The Kier molecular flexibility index (Phi) is 2.91. The van der Waals surface area contributed by atoms with Gasteiger partial charge < -0.3 is 5.73 Å². The molecule has 0 aromatic carbocycles. The maximum atomic E-state index is 6.24. The maximum absolute atomic E-state index is 6.24. The van der Waals surface area contributed by atoms with Crippen molar-refractivity contribution in [3.05, 3.63) is 45.7 Å². The summed E-state index contributed by atoms with van der Waals surface area (Å²) < 4.78 is 0. The second-order valence-corrected chi connectivity index (χ2v) is 5.58. The first-order valence-corrected chi connectivity index (χ1v) is 6.79. The van der Waals surface area contributed by atoms with E-state index in [1.165, 1.54) is 41.0 Å². The quantitative estimate of drug-likeness (QED) is 0.884. The molecule has 17 heavy (non-hydrogen) atoms. The third-order valence-electron chi connectivity index (χ3n) is 3.22. The second kappa shape index (κ2) is 4.55. The van der Waals surface area contributed by atoms with E-state index in [9.17, 15) is 0 Å². The van der Waals surface area contributed by atoms with Crippen LogP contribution in [0.1, 0.15) is 39.9 Å². The normalized spacial score (nSPS) is 16.5. The summed E-state index contributed by atoms with van der Waals surface area (Å²) in [6.45, 7) is 0. The van der Waals surface area contributed by atoms with E-state index in [-0.39, 0.29) is 6.04 Å². The fourth-order valence-electron chi connectivity index (χ4n) is 2.28. The lowest BCUT2D eigenvalue weighted by atomic mass is 9.98. The van der Waals surface area contributed by atoms with Gasteiger partial charge in [-0.2, -0.15) is 0 Å². The van der Waals surface area contributed by atoms with Gasteiger partial charge in [0.05, 0.1) is 17.9 Å². The second-order valence-electron chi connectivity index (χ2n) is 4.41. The van der Waals surface area contributed by atoms with Crippen LogP contribution in [0.25, 0.3) is 0 Å². The van der Waals surface area contributed by atoms with Crippen LogP contribution in [0.4, 0.5) is 0 Å². The van der Waals surface area contributed by atoms with Crippen molar-refractivity contribution >= 4 is 11.3 Å². The van der Waals surface area contributed by atoms with Gasteiger partial charge in [-0.05, 0) is 37.3 Å². The third-order valence-corrected chi connectivity index (χ3v) is 4.54. The molecule has 2 aromatic rings. The molecule has 1 unspecified atom stereocenters. The first-order chi connectivity index (χ1) is 8.34. The molecule has 0 bridgehead atoms. The summed E-state index contributed by atoms with van der Waals surface area (Å²) in [6.07, 6.45) is 10.2. The average molecular weight is 245 g/mol. The molecule has 0 saturated carbocycles. The molecular formula is C13H15N3S. The minimum atomic E-state index is -0.126. The highest BCUT2D eigenvalue weighted by Crippen LogP contribution is 2.33. The summed E-state index contributed by atoms with van der Waals surface area (Å²) in [5.41, 5.74) is 8.59. The zero-order valence-electron chi connectivity index (χ0n) is 9.60. The monoisotopic (exact) mass is 245 g/mol. The zero-order valence-corrected chi connectivity index (χ0v) is 10.4. The van der Waals surface area contributed by atoms with Gasteiger partial charge in [0.25, 0.3) is 0 Å². The SMILES string of the molecule is NC(c1cnccn1)c1cc2c(s1)CCCC2. The molecule has 2 heterocycles. The van der Waals surface area contributed by atoms with E-state index in [1.54, 1.807) is 18.6 Å². The van der Waals surface area contributed by atoms with Crippen molar-refractivity contribution in [2.45, 2.75) is 31.7 Å². The highest BCUT2D eigenvalue weighted by atomic mass is 32.1. The van der Waals surface area contributed by atoms with Gasteiger partial charge in [0, 0.05) is 22.1 Å². The van der Waals surface area contributed by atoms with Crippen LogP contribution in [0.5, 0.6) is 0 Å². The smallest absolute Gasteiger partial charge is 0.0835 e. The molecule has 3 rings (SSSR count). The lowest BCUT2D eigenvalue weighted by molar-refractivity contribution is 0.696. The van der Waals surface area contributed by atoms with Crippen LogP contribution in [0.2, 0.25) is 0 Å². The predicted octanol–water partition coefficient (Wildman–Crippen LogP) is 2.47. The molecule has 88 valence electrons. The lowest BCUT2D eigenvalue weighted by Gasteiger charge is -2.08. The highest BCUT2D eigenvalue weighted by molar-refractivity contribution is 7.12. The molecule has 2 aromatic heterocycles. The number of nitrogens with zero attached hydrogens (tertiary/aromatic N) is 2. The third kappa shape index (κ3) is 2.10. The van der Waals surface area contributed by atoms with Crippen molar-refractivity contribution in [1.29, 1.82) is 0 Å². The molecule has 4 heteroatoms. The number of hydrogen-bond acceptors (Lipinski definition) is 4. The van der Waals surface area contributed by atoms with Gasteiger partial charge in [-0.15, -0.1) is 11.3 Å². The Balaban J connectivity index is 1.91. The van der Waals surface area contributed by atoms with Crippen LogP contribution < -0.4 is 5.73 Å². The van der Waals surface area contributed by atoms with Crippen molar-refractivity contribution in [3.63, 3.8) is 0 Å². The minimum absolute atomic E-state index is 0.126. The molecule has 0 fully saturated rings. The van der Waals surface area contributed by atoms with Gasteiger partial charge in [-0.3, -0.25) is 9.97 Å². The average Bonchev–Trinajstić information content (AvgIpc) is 2.82. The summed E-state index contributed by atoms with van der Waals surface area (Å²) in [4.78, 5) is 11.1. The molecule has 0 spiro atoms. The summed E-state index contributed by atoms with van der Waals surface area (Å²) >= 11 is 1.85. The molecule has 3 nitrogen and oxygen atoms in total. The molecule has 1 aliphatic carbocycles. The van der Waals surface area contributed by atoms with E-state index in [4.69, 9.17) is 5.73 Å². The van der Waals surface area contributed by atoms with E-state index in [0.717, 1.165) is 5.69 Å². The molecule has 2 N–H and O–H groups in total. The van der Waals surface area contributed by atoms with E-state index < -0.39 is 0 Å². The van der Waals surface area contributed by atoms with E-state index in [2.05, 4.69) is 16.0 Å². The molecule has 0 saturated heterocycles. The van der Waals surface area contributed by atoms with E-state index >= 15 is 0 Å². The zero-order chi connectivity index (χ0) is 11.7. The van der Waals surface area contributed by atoms with Gasteiger partial charge in [0.2, 0.25) is 0 Å². The Bertz CT molecular complexity index is 483. The number of fused-ring (bicyclic) bond motifs is 1. The molecule has 1 atom stereocenters. The highest BCUT2D eigenvalue weighted by Gasteiger charge is 2.18. The standard InChI is InChI=1S/C13H15N3S/c14-13(10-8-15-5-6-16-10)12-7-9-3-1-2-4-11(9)17-12/h5-8,13H,1-4,14H2. The summed E-state index contributed by atoms with van der Waals surface area (Å²) in [6, 6.07) is 2.14. The van der Waals surface area contributed by atoms with Crippen LogP contribution in [0.3, 0.4) is 0 Å². The summed E-state index contributed by atoms with van der Waals surface area (Å²) in [7, 11) is 0. The lowest BCUT2D eigenvalue weighted by Crippen LogP contribution is -2.12. The Morgan fingerprint density at radius 3 is 2.88 bits per heavy atom. The van der Waals surface area contributed by atoms with Gasteiger partial charge in [0.15, 0.2) is 0 Å².